The number of nitro groups is 1. The van der Waals surface area contributed by atoms with Crippen molar-refractivity contribution >= 4 is 41.7 Å². The number of urea groups is 1. The maximum Gasteiger partial charge on any atom is 0.336 e. The Labute approximate surface area is 211 Å². The van der Waals surface area contributed by atoms with Crippen LogP contribution in [0.5, 0.6) is 5.75 Å². The quantitative estimate of drug-likeness (QED) is 0.158. The van der Waals surface area contributed by atoms with Crippen molar-refractivity contribution in [1.29, 1.82) is 0 Å². The summed E-state index contributed by atoms with van der Waals surface area (Å²) in [5.74, 6) is -1.29. The van der Waals surface area contributed by atoms with Gasteiger partial charge in [-0.05, 0) is 67.0 Å². The van der Waals surface area contributed by atoms with Crippen LogP contribution in [0.4, 0.5) is 10.5 Å². The molecular weight excluding hydrogens is 478 g/mol. The number of carbonyl (C=O) groups is 4. The summed E-state index contributed by atoms with van der Waals surface area (Å²) in [5.41, 5.74) is 0.615. The van der Waals surface area contributed by atoms with Crippen molar-refractivity contribution < 1.29 is 28.8 Å². The van der Waals surface area contributed by atoms with E-state index in [0.717, 1.165) is 25.7 Å². The summed E-state index contributed by atoms with van der Waals surface area (Å²) in [6.07, 6.45) is 7.74. The van der Waals surface area contributed by atoms with Crippen molar-refractivity contribution in [2.75, 3.05) is 0 Å². The number of non-ortho nitro benzene ring substituents is 1. The Kier molecular flexibility index (Phi) is 6.39. The Morgan fingerprint density at radius 1 is 1.05 bits per heavy atom. The molecule has 10 nitrogen and oxygen atoms in total. The summed E-state index contributed by atoms with van der Waals surface area (Å²) < 4.78 is 5.43. The van der Waals surface area contributed by atoms with Crippen LogP contribution in [0.25, 0.3) is 12.2 Å². The molecule has 0 aromatic heterocycles. The van der Waals surface area contributed by atoms with Crippen LogP contribution in [0.3, 0.4) is 0 Å². The molecule has 4 amide bonds. The van der Waals surface area contributed by atoms with E-state index in [9.17, 15) is 29.3 Å². The number of amides is 4. The fraction of sp³-hybridized carbons (Fsp3) is 0.259. The van der Waals surface area contributed by atoms with Gasteiger partial charge in [0.2, 0.25) is 0 Å². The van der Waals surface area contributed by atoms with Crippen LogP contribution in [-0.2, 0) is 14.4 Å². The van der Waals surface area contributed by atoms with Gasteiger partial charge in [-0.3, -0.25) is 29.9 Å². The number of rotatable bonds is 6. The Bertz CT molecular complexity index is 1360. The van der Waals surface area contributed by atoms with E-state index in [4.69, 9.17) is 4.74 Å². The van der Waals surface area contributed by atoms with Crippen LogP contribution in [0, 0.1) is 22.0 Å². The molecule has 10 heteroatoms. The molecule has 1 N–H and O–H groups in total. The molecule has 2 aromatic carbocycles. The lowest BCUT2D eigenvalue weighted by Crippen LogP contribution is -2.58. The Morgan fingerprint density at radius 3 is 2.49 bits per heavy atom. The van der Waals surface area contributed by atoms with Crippen LogP contribution < -0.4 is 10.1 Å². The molecule has 0 spiro atoms. The van der Waals surface area contributed by atoms with E-state index in [-0.39, 0.29) is 29.0 Å². The first kappa shape index (κ1) is 24.1. The first-order valence-corrected chi connectivity index (χ1v) is 11.9. The first-order chi connectivity index (χ1) is 17.8. The van der Waals surface area contributed by atoms with E-state index in [1.54, 1.807) is 18.2 Å². The molecular formula is C27H23N3O7. The minimum absolute atomic E-state index is 0.0660. The lowest BCUT2D eigenvalue weighted by atomic mass is 9.93. The van der Waals surface area contributed by atoms with Crippen molar-refractivity contribution in [1.82, 2.24) is 10.2 Å². The molecule has 2 bridgehead atoms. The summed E-state index contributed by atoms with van der Waals surface area (Å²) >= 11 is 0. The van der Waals surface area contributed by atoms with Crippen molar-refractivity contribution in [3.05, 3.63) is 81.4 Å². The largest absolute Gasteiger partial charge is 0.423 e. The predicted octanol–water partition coefficient (Wildman–Crippen LogP) is 3.86. The third-order valence-corrected chi connectivity index (χ3v) is 7.11. The number of hydrogen-bond donors (Lipinski definition) is 1. The van der Waals surface area contributed by atoms with Crippen molar-refractivity contribution in [3.8, 4) is 5.75 Å². The maximum absolute atomic E-state index is 13.3. The molecule has 3 atom stereocenters. The van der Waals surface area contributed by atoms with Gasteiger partial charge in [0.15, 0.2) is 0 Å². The third-order valence-electron chi connectivity index (χ3n) is 7.11. The highest BCUT2D eigenvalue weighted by molar-refractivity contribution is 6.31. The van der Waals surface area contributed by atoms with Gasteiger partial charge in [0, 0.05) is 29.8 Å². The molecule has 1 heterocycles. The Balaban J connectivity index is 1.34. The number of hydrogen-bond acceptors (Lipinski definition) is 7. The number of carbonyl (C=O) groups excluding carboxylic acids is 4. The van der Waals surface area contributed by atoms with Gasteiger partial charge in [-0.2, -0.15) is 0 Å². The van der Waals surface area contributed by atoms with Gasteiger partial charge in [0.25, 0.3) is 17.5 Å². The number of nitro benzene ring substituents is 1. The summed E-state index contributed by atoms with van der Waals surface area (Å²) in [6, 6.07) is 11.1. The van der Waals surface area contributed by atoms with Crippen molar-refractivity contribution in [2.45, 2.75) is 31.7 Å². The van der Waals surface area contributed by atoms with E-state index in [1.165, 1.54) is 53.5 Å². The van der Waals surface area contributed by atoms with Gasteiger partial charge >= 0.3 is 12.0 Å². The lowest BCUT2D eigenvalue weighted by Gasteiger charge is -2.35. The zero-order valence-electron chi connectivity index (χ0n) is 19.7. The predicted molar refractivity (Wildman–Crippen MR) is 132 cm³/mol. The molecule has 37 heavy (non-hydrogen) atoms. The van der Waals surface area contributed by atoms with Crippen LogP contribution in [0.15, 0.2) is 60.2 Å². The monoisotopic (exact) mass is 501 g/mol. The van der Waals surface area contributed by atoms with Gasteiger partial charge < -0.3 is 4.74 Å². The van der Waals surface area contributed by atoms with Crippen LogP contribution >= 0.6 is 0 Å². The highest BCUT2D eigenvalue weighted by atomic mass is 16.6. The molecule has 2 aliphatic carbocycles. The number of imide groups is 2. The fourth-order valence-corrected chi connectivity index (χ4v) is 5.36. The fourth-order valence-electron chi connectivity index (χ4n) is 5.36. The number of fused-ring (bicyclic) bond motifs is 2. The van der Waals surface area contributed by atoms with Gasteiger partial charge in [0.05, 0.1) is 4.92 Å². The summed E-state index contributed by atoms with van der Waals surface area (Å²) in [6.45, 7) is 0. The van der Waals surface area contributed by atoms with Crippen molar-refractivity contribution in [2.24, 2.45) is 11.8 Å². The number of nitrogens with zero attached hydrogens (tertiary/aromatic N) is 2. The molecule has 0 unspecified atom stereocenters. The minimum Gasteiger partial charge on any atom is -0.423 e. The normalized spacial score (nSPS) is 24.1. The van der Waals surface area contributed by atoms with Gasteiger partial charge in [-0.1, -0.05) is 24.6 Å². The number of para-hydroxylation sites is 1. The van der Waals surface area contributed by atoms with Crippen LogP contribution in [-0.4, -0.2) is 39.7 Å². The number of benzene rings is 2. The first-order valence-electron chi connectivity index (χ1n) is 11.9. The summed E-state index contributed by atoms with van der Waals surface area (Å²) in [4.78, 5) is 62.3. The summed E-state index contributed by atoms with van der Waals surface area (Å²) in [7, 11) is 0. The zero-order valence-corrected chi connectivity index (χ0v) is 19.7. The Hall–Kier alpha value is -4.60. The minimum atomic E-state index is -0.798. The highest BCUT2D eigenvalue weighted by Gasteiger charge is 2.49. The molecule has 3 fully saturated rings. The number of esters is 1. The molecule has 1 aliphatic heterocycles. The zero-order chi connectivity index (χ0) is 26.1. The van der Waals surface area contributed by atoms with Crippen LogP contribution in [0.2, 0.25) is 0 Å². The second-order valence-electron chi connectivity index (χ2n) is 9.38. The summed E-state index contributed by atoms with van der Waals surface area (Å²) in [5, 5.41) is 13.0. The lowest BCUT2D eigenvalue weighted by molar-refractivity contribution is -0.384. The van der Waals surface area contributed by atoms with E-state index in [1.807, 2.05) is 0 Å². The SMILES string of the molecule is O=C(/C=C/c1ccc([N+](=O)[O-])cc1)Oc1ccccc1/C=C1/C(=O)NC(=O)N([C@H]2C[C@H]3CC[C@H]2C3)C1=O. The standard InChI is InChI=1S/C27H23N3O7/c31-24(12-8-16-6-10-20(11-7-16)30(35)36)37-23-4-2-1-3-19(23)15-21-25(32)28-27(34)29(26(21)33)22-14-17-5-9-18(22)13-17/h1-4,6-8,10-12,15,17-18,22H,5,9,13-14H2,(H,28,32,34)/b12-8+,21-15-/t17-,18-,22-/m0/s1. The van der Waals surface area contributed by atoms with E-state index in [2.05, 4.69) is 5.32 Å². The van der Waals surface area contributed by atoms with Gasteiger partial charge in [0.1, 0.15) is 11.3 Å². The molecule has 0 radical (unpaired) electrons. The van der Waals surface area contributed by atoms with E-state index in [0.29, 0.717) is 17.0 Å². The molecule has 2 saturated carbocycles. The average molecular weight is 501 g/mol. The number of ether oxygens (including phenoxy) is 1. The third kappa shape index (κ3) is 4.90. The second kappa shape index (κ2) is 9.81. The number of nitrogens with one attached hydrogen (secondary N) is 1. The molecule has 2 aromatic rings. The van der Waals surface area contributed by atoms with Gasteiger partial charge in [-0.25, -0.2) is 9.59 Å². The van der Waals surface area contributed by atoms with Crippen LogP contribution in [0.1, 0.15) is 36.8 Å². The molecule has 1 saturated heterocycles. The smallest absolute Gasteiger partial charge is 0.336 e. The van der Waals surface area contributed by atoms with Gasteiger partial charge in [-0.15, -0.1) is 0 Å². The maximum atomic E-state index is 13.3. The second-order valence-corrected chi connectivity index (χ2v) is 9.38. The molecule has 5 rings (SSSR count). The van der Waals surface area contributed by atoms with E-state index < -0.39 is 28.7 Å². The molecule has 3 aliphatic rings. The highest BCUT2D eigenvalue weighted by Crippen LogP contribution is 2.47. The average Bonchev–Trinajstić information content (AvgIpc) is 3.50. The Morgan fingerprint density at radius 2 is 1.81 bits per heavy atom. The number of barbiturate groups is 1. The van der Waals surface area contributed by atoms with E-state index >= 15 is 0 Å². The molecule has 188 valence electrons. The topological polar surface area (TPSA) is 136 Å². The van der Waals surface area contributed by atoms with Crippen molar-refractivity contribution in [3.63, 3.8) is 0 Å².